The van der Waals surface area contributed by atoms with Crippen molar-refractivity contribution >= 4 is 17.6 Å². The van der Waals surface area contributed by atoms with Gasteiger partial charge < -0.3 is 10.1 Å². The van der Waals surface area contributed by atoms with Crippen LogP contribution in [0.5, 0.6) is 0 Å². The number of esters is 1. The first-order valence-corrected chi connectivity index (χ1v) is 5.65. The van der Waals surface area contributed by atoms with Gasteiger partial charge in [0, 0.05) is 24.0 Å². The molecule has 0 radical (unpaired) electrons. The molecule has 0 spiro atoms. The Labute approximate surface area is 99.7 Å². The molecule has 1 atom stereocenters. The van der Waals surface area contributed by atoms with E-state index in [1.54, 1.807) is 0 Å². The van der Waals surface area contributed by atoms with Crippen LogP contribution in [0.15, 0.2) is 18.2 Å². The van der Waals surface area contributed by atoms with Gasteiger partial charge in [-0.15, -0.1) is 0 Å². The molecular weight excluding hydrogens is 226 g/mol. The zero-order chi connectivity index (χ0) is 11.5. The molecule has 0 saturated carbocycles. The topological polar surface area (TPSA) is 38.3 Å². The highest BCUT2D eigenvalue weighted by atomic mass is 35.5. The van der Waals surface area contributed by atoms with Crippen LogP contribution < -0.4 is 5.32 Å². The van der Waals surface area contributed by atoms with Crippen LogP contribution in [0.3, 0.4) is 0 Å². The molecule has 0 aromatic heterocycles. The van der Waals surface area contributed by atoms with Crippen molar-refractivity contribution in [2.45, 2.75) is 18.9 Å². The number of hydrogen-bond donors (Lipinski definition) is 1. The highest BCUT2D eigenvalue weighted by Gasteiger charge is 2.23. The quantitative estimate of drug-likeness (QED) is 0.804. The van der Waals surface area contributed by atoms with Gasteiger partial charge in [-0.3, -0.25) is 4.79 Å². The summed E-state index contributed by atoms with van der Waals surface area (Å²) in [5, 5.41) is 4.03. The molecule has 0 amide bonds. The van der Waals surface area contributed by atoms with Crippen molar-refractivity contribution in [3.8, 4) is 0 Å². The van der Waals surface area contributed by atoms with E-state index in [-0.39, 0.29) is 11.9 Å². The number of fused-ring (bicyclic) bond motifs is 1. The summed E-state index contributed by atoms with van der Waals surface area (Å²) in [5.41, 5.74) is 2.26. The third kappa shape index (κ3) is 2.20. The van der Waals surface area contributed by atoms with E-state index in [0.29, 0.717) is 6.42 Å². The molecule has 2 rings (SSSR count). The Balaban J connectivity index is 2.26. The lowest BCUT2D eigenvalue weighted by Gasteiger charge is -2.26. The molecule has 0 fully saturated rings. The van der Waals surface area contributed by atoms with E-state index in [1.807, 2.05) is 18.2 Å². The van der Waals surface area contributed by atoms with E-state index in [0.717, 1.165) is 29.2 Å². The minimum atomic E-state index is -0.181. The summed E-state index contributed by atoms with van der Waals surface area (Å²) in [5.74, 6) is -0.0190. The average molecular weight is 240 g/mol. The predicted molar refractivity (Wildman–Crippen MR) is 62.5 cm³/mol. The molecular formula is C12H14ClNO2. The Hall–Kier alpha value is -1.06. The molecule has 3 nitrogen and oxygen atoms in total. The van der Waals surface area contributed by atoms with E-state index < -0.39 is 0 Å². The second-order valence-electron chi connectivity index (χ2n) is 3.92. The maximum absolute atomic E-state index is 11.3. The van der Waals surface area contributed by atoms with Gasteiger partial charge in [-0.05, 0) is 17.2 Å². The average Bonchev–Trinajstić information content (AvgIpc) is 2.30. The second-order valence-corrected chi connectivity index (χ2v) is 4.32. The predicted octanol–water partition coefficient (Wildman–Crippen LogP) is 2.09. The maximum atomic E-state index is 11.3. The van der Waals surface area contributed by atoms with Crippen LogP contribution in [0.1, 0.15) is 23.5 Å². The van der Waals surface area contributed by atoms with Crippen LogP contribution in [0, 0.1) is 0 Å². The second kappa shape index (κ2) is 4.85. The zero-order valence-electron chi connectivity index (χ0n) is 9.13. The van der Waals surface area contributed by atoms with Crippen LogP contribution >= 0.6 is 11.6 Å². The molecule has 1 aromatic carbocycles. The van der Waals surface area contributed by atoms with E-state index >= 15 is 0 Å². The first-order chi connectivity index (χ1) is 7.72. The third-order valence-electron chi connectivity index (χ3n) is 2.93. The number of halogens is 1. The fraction of sp³-hybridized carbons (Fsp3) is 0.417. The number of hydrogen-bond acceptors (Lipinski definition) is 3. The van der Waals surface area contributed by atoms with Crippen molar-refractivity contribution < 1.29 is 9.53 Å². The first kappa shape index (κ1) is 11.4. The van der Waals surface area contributed by atoms with Crippen LogP contribution in [-0.4, -0.2) is 19.6 Å². The van der Waals surface area contributed by atoms with Gasteiger partial charge in [0.25, 0.3) is 0 Å². The Kier molecular flexibility index (Phi) is 3.46. The van der Waals surface area contributed by atoms with Gasteiger partial charge in [0.1, 0.15) is 0 Å². The van der Waals surface area contributed by atoms with E-state index in [9.17, 15) is 4.79 Å². The van der Waals surface area contributed by atoms with Gasteiger partial charge in [0.15, 0.2) is 0 Å². The molecule has 1 aromatic rings. The van der Waals surface area contributed by atoms with Crippen molar-refractivity contribution in [1.82, 2.24) is 5.32 Å². The van der Waals surface area contributed by atoms with Crippen LogP contribution in [0.2, 0.25) is 5.02 Å². The lowest BCUT2D eigenvalue weighted by molar-refractivity contribution is -0.141. The number of nitrogens with one attached hydrogen (secondary N) is 1. The number of benzene rings is 1. The number of carbonyl (C=O) groups is 1. The van der Waals surface area contributed by atoms with E-state index in [4.69, 9.17) is 16.3 Å². The van der Waals surface area contributed by atoms with Crippen molar-refractivity contribution in [3.63, 3.8) is 0 Å². The Bertz CT molecular complexity index is 406. The SMILES string of the molecule is COC(=O)CC1CNCc2c(Cl)cccc21. The van der Waals surface area contributed by atoms with E-state index in [2.05, 4.69) is 5.32 Å². The fourth-order valence-corrected chi connectivity index (χ4v) is 2.34. The van der Waals surface area contributed by atoms with Crippen molar-refractivity contribution in [1.29, 1.82) is 0 Å². The van der Waals surface area contributed by atoms with Crippen LogP contribution in [-0.2, 0) is 16.1 Å². The van der Waals surface area contributed by atoms with Gasteiger partial charge in [-0.2, -0.15) is 0 Å². The molecule has 0 aliphatic carbocycles. The van der Waals surface area contributed by atoms with E-state index in [1.165, 1.54) is 7.11 Å². The van der Waals surface area contributed by atoms with Gasteiger partial charge in [0.2, 0.25) is 0 Å². The van der Waals surface area contributed by atoms with Gasteiger partial charge >= 0.3 is 5.97 Å². The highest BCUT2D eigenvalue weighted by Crippen LogP contribution is 2.31. The summed E-state index contributed by atoms with van der Waals surface area (Å²) < 4.78 is 4.70. The Morgan fingerprint density at radius 1 is 1.62 bits per heavy atom. The van der Waals surface area contributed by atoms with Crippen LogP contribution in [0.4, 0.5) is 0 Å². The molecule has 1 unspecified atom stereocenters. The number of rotatable bonds is 2. The summed E-state index contributed by atoms with van der Waals surface area (Å²) in [6, 6.07) is 5.84. The molecule has 0 bridgehead atoms. The molecule has 86 valence electrons. The van der Waals surface area contributed by atoms with Crippen molar-refractivity contribution in [2.24, 2.45) is 0 Å². The monoisotopic (exact) mass is 239 g/mol. The molecule has 1 N–H and O–H groups in total. The molecule has 1 aliphatic rings. The molecule has 1 heterocycles. The molecule has 0 saturated heterocycles. The van der Waals surface area contributed by atoms with Gasteiger partial charge in [-0.1, -0.05) is 23.7 Å². The van der Waals surface area contributed by atoms with Crippen LogP contribution in [0.25, 0.3) is 0 Å². The van der Waals surface area contributed by atoms with Crippen molar-refractivity contribution in [3.05, 3.63) is 34.3 Å². The number of carbonyl (C=O) groups excluding carboxylic acids is 1. The first-order valence-electron chi connectivity index (χ1n) is 5.27. The lowest BCUT2D eigenvalue weighted by Crippen LogP contribution is -2.30. The third-order valence-corrected chi connectivity index (χ3v) is 3.28. The normalized spacial score (nSPS) is 19.0. The maximum Gasteiger partial charge on any atom is 0.306 e. The summed E-state index contributed by atoms with van der Waals surface area (Å²) in [6.07, 6.45) is 0.400. The largest absolute Gasteiger partial charge is 0.469 e. The van der Waals surface area contributed by atoms with Gasteiger partial charge in [-0.25, -0.2) is 0 Å². The van der Waals surface area contributed by atoms with Crippen molar-refractivity contribution in [2.75, 3.05) is 13.7 Å². The highest BCUT2D eigenvalue weighted by molar-refractivity contribution is 6.31. The molecule has 1 aliphatic heterocycles. The summed E-state index contributed by atoms with van der Waals surface area (Å²) in [7, 11) is 1.41. The van der Waals surface area contributed by atoms with Gasteiger partial charge in [0.05, 0.1) is 13.5 Å². The minimum Gasteiger partial charge on any atom is -0.469 e. The fourth-order valence-electron chi connectivity index (χ4n) is 2.09. The minimum absolute atomic E-state index is 0.162. The number of ether oxygens (including phenoxy) is 1. The smallest absolute Gasteiger partial charge is 0.306 e. The Morgan fingerprint density at radius 3 is 3.19 bits per heavy atom. The zero-order valence-corrected chi connectivity index (χ0v) is 9.88. The molecule has 4 heteroatoms. The summed E-state index contributed by atoms with van der Waals surface area (Å²) >= 11 is 6.12. The standard InChI is InChI=1S/C12H14ClNO2/c1-16-12(15)5-8-6-14-7-10-9(8)3-2-4-11(10)13/h2-4,8,14H,5-7H2,1H3. The summed E-state index contributed by atoms with van der Waals surface area (Å²) in [4.78, 5) is 11.3. The lowest BCUT2D eigenvalue weighted by atomic mass is 9.88. The summed E-state index contributed by atoms with van der Waals surface area (Å²) in [6.45, 7) is 1.56. The Morgan fingerprint density at radius 2 is 2.44 bits per heavy atom. The number of methoxy groups -OCH3 is 1. The molecule has 16 heavy (non-hydrogen) atoms.